The van der Waals surface area contributed by atoms with Crippen LogP contribution in [0.4, 0.5) is 0 Å². The Morgan fingerprint density at radius 2 is 2.00 bits per heavy atom. The Morgan fingerprint density at radius 1 is 1.35 bits per heavy atom. The van der Waals surface area contributed by atoms with E-state index in [1.807, 2.05) is 0 Å². The first kappa shape index (κ1) is 13.7. The molecule has 0 spiro atoms. The molecule has 1 aromatic heterocycles. The maximum absolute atomic E-state index is 7.33. The fourth-order valence-electron chi connectivity index (χ4n) is 2.01. The first-order valence-electron chi connectivity index (χ1n) is 6.30. The minimum atomic E-state index is 0.247. The van der Waals surface area contributed by atoms with E-state index >= 15 is 0 Å². The molecular formula is C13H24N4. The second-order valence-corrected chi connectivity index (χ2v) is 5.34. The van der Waals surface area contributed by atoms with Crippen molar-refractivity contribution in [2.45, 2.75) is 52.9 Å². The summed E-state index contributed by atoms with van der Waals surface area (Å²) in [4.78, 5) is 0. The smallest absolute Gasteiger partial charge is 0.0908 e. The number of H-pyrrole nitrogens is 1. The monoisotopic (exact) mass is 236 g/mol. The molecule has 4 heteroatoms. The minimum Gasteiger partial charge on any atom is -0.388 e. The predicted molar refractivity (Wildman–Crippen MR) is 71.5 cm³/mol. The molecule has 0 aliphatic carbocycles. The zero-order chi connectivity index (χ0) is 13.0. The molecule has 4 nitrogen and oxygen atoms in total. The van der Waals surface area contributed by atoms with E-state index in [2.05, 4.69) is 37.9 Å². The molecule has 0 aliphatic rings. The van der Waals surface area contributed by atoms with E-state index in [1.165, 1.54) is 11.3 Å². The first-order chi connectivity index (χ1) is 7.91. The number of hydrogen-bond donors (Lipinski definition) is 3. The van der Waals surface area contributed by atoms with Crippen molar-refractivity contribution in [3.8, 4) is 0 Å². The topological polar surface area (TPSA) is 78.5 Å². The summed E-state index contributed by atoms with van der Waals surface area (Å²) >= 11 is 0. The molecule has 96 valence electrons. The first-order valence-corrected chi connectivity index (χ1v) is 6.30. The number of rotatable bonds is 6. The van der Waals surface area contributed by atoms with Gasteiger partial charge in [-0.2, -0.15) is 5.10 Å². The van der Waals surface area contributed by atoms with Gasteiger partial charge in [0.15, 0.2) is 0 Å². The van der Waals surface area contributed by atoms with E-state index in [9.17, 15) is 0 Å². The van der Waals surface area contributed by atoms with Gasteiger partial charge in [-0.25, -0.2) is 0 Å². The molecule has 0 fully saturated rings. The third-order valence-electron chi connectivity index (χ3n) is 2.79. The summed E-state index contributed by atoms with van der Waals surface area (Å²) in [6.45, 7) is 8.69. The molecule has 1 heterocycles. The molecule has 0 bridgehead atoms. The number of aromatic amines is 1. The molecule has 0 unspecified atom stereocenters. The Hall–Kier alpha value is -1.32. The summed E-state index contributed by atoms with van der Waals surface area (Å²) in [5.74, 6) is 1.26. The highest BCUT2D eigenvalue weighted by atomic mass is 15.1. The highest BCUT2D eigenvalue weighted by Gasteiger charge is 2.16. The lowest BCUT2D eigenvalue weighted by molar-refractivity contribution is 0.629. The van der Waals surface area contributed by atoms with Gasteiger partial charge in [0, 0.05) is 12.1 Å². The summed E-state index contributed by atoms with van der Waals surface area (Å²) in [5, 5.41) is 14.9. The number of hydrogen-bond acceptors (Lipinski definition) is 2. The van der Waals surface area contributed by atoms with Gasteiger partial charge in [-0.15, -0.1) is 0 Å². The fraction of sp³-hybridized carbons (Fsp3) is 0.692. The lowest BCUT2D eigenvalue weighted by Crippen LogP contribution is -2.12. The van der Waals surface area contributed by atoms with Crippen LogP contribution < -0.4 is 5.73 Å². The minimum absolute atomic E-state index is 0.247. The normalized spacial score (nSPS) is 11.4. The fourth-order valence-corrected chi connectivity index (χ4v) is 2.01. The van der Waals surface area contributed by atoms with Crippen LogP contribution in [-0.2, 0) is 12.8 Å². The van der Waals surface area contributed by atoms with Gasteiger partial charge in [0.25, 0.3) is 0 Å². The number of aromatic nitrogens is 2. The second kappa shape index (κ2) is 5.84. The van der Waals surface area contributed by atoms with E-state index in [1.54, 1.807) is 0 Å². The molecule has 0 saturated carbocycles. The Balaban J connectivity index is 2.93. The van der Waals surface area contributed by atoms with Gasteiger partial charge >= 0.3 is 0 Å². The van der Waals surface area contributed by atoms with Crippen molar-refractivity contribution >= 4 is 5.84 Å². The van der Waals surface area contributed by atoms with Crippen LogP contribution in [0, 0.1) is 11.3 Å². The second-order valence-electron chi connectivity index (χ2n) is 5.34. The third-order valence-corrected chi connectivity index (χ3v) is 2.79. The number of nitrogens with two attached hydrogens (primary N) is 1. The Kier molecular flexibility index (Phi) is 4.73. The van der Waals surface area contributed by atoms with Crippen molar-refractivity contribution in [1.82, 2.24) is 10.2 Å². The van der Waals surface area contributed by atoms with Gasteiger partial charge < -0.3 is 5.73 Å². The van der Waals surface area contributed by atoms with Crippen LogP contribution in [-0.4, -0.2) is 16.0 Å². The third kappa shape index (κ3) is 3.88. The highest BCUT2D eigenvalue weighted by Crippen LogP contribution is 2.23. The van der Waals surface area contributed by atoms with Crippen molar-refractivity contribution < 1.29 is 0 Å². The number of amidine groups is 1. The van der Waals surface area contributed by atoms with Crippen LogP contribution in [0.3, 0.4) is 0 Å². The van der Waals surface area contributed by atoms with Gasteiger partial charge in [0.2, 0.25) is 0 Å². The average molecular weight is 236 g/mol. The molecule has 0 atom stereocenters. The van der Waals surface area contributed by atoms with Crippen LogP contribution in [0.15, 0.2) is 0 Å². The van der Waals surface area contributed by atoms with Gasteiger partial charge in [0.1, 0.15) is 0 Å². The SMILES string of the molecule is CC(C)Cc1[nH]nc(C(C)C)c1CCC(=N)N. The van der Waals surface area contributed by atoms with Gasteiger partial charge in [-0.05, 0) is 30.2 Å². The van der Waals surface area contributed by atoms with Gasteiger partial charge in [-0.3, -0.25) is 10.5 Å². The summed E-state index contributed by atoms with van der Waals surface area (Å²) in [5.41, 5.74) is 9.05. The molecule has 0 aromatic carbocycles. The lowest BCUT2D eigenvalue weighted by atomic mass is 9.96. The maximum atomic E-state index is 7.33. The van der Waals surface area contributed by atoms with Crippen molar-refractivity contribution in [1.29, 1.82) is 5.41 Å². The lowest BCUT2D eigenvalue weighted by Gasteiger charge is -2.09. The molecule has 4 N–H and O–H groups in total. The highest BCUT2D eigenvalue weighted by molar-refractivity contribution is 5.77. The standard InChI is InChI=1S/C13H24N4/c1-8(2)7-11-10(5-6-12(14)15)13(9(3)4)17-16-11/h8-9H,5-7H2,1-4H3,(H3,14,15)(H,16,17). The number of nitrogens with zero attached hydrogens (tertiary/aromatic N) is 1. The molecule has 1 rings (SSSR count). The largest absolute Gasteiger partial charge is 0.388 e. The van der Waals surface area contributed by atoms with Gasteiger partial charge in [0.05, 0.1) is 11.5 Å². The number of nitrogens with one attached hydrogen (secondary N) is 2. The Bertz CT molecular complexity index is 377. The molecule has 0 saturated heterocycles. The zero-order valence-electron chi connectivity index (χ0n) is 11.3. The van der Waals surface area contributed by atoms with Crippen molar-refractivity contribution in [3.05, 3.63) is 17.0 Å². The van der Waals surface area contributed by atoms with Crippen molar-refractivity contribution in [2.24, 2.45) is 11.7 Å². The maximum Gasteiger partial charge on any atom is 0.0908 e. The molecule has 17 heavy (non-hydrogen) atoms. The zero-order valence-corrected chi connectivity index (χ0v) is 11.3. The van der Waals surface area contributed by atoms with Crippen LogP contribution in [0.5, 0.6) is 0 Å². The van der Waals surface area contributed by atoms with E-state index in [4.69, 9.17) is 11.1 Å². The van der Waals surface area contributed by atoms with E-state index in [0.29, 0.717) is 18.3 Å². The Morgan fingerprint density at radius 3 is 2.47 bits per heavy atom. The molecule has 0 amide bonds. The summed E-state index contributed by atoms with van der Waals surface area (Å²) in [6.07, 6.45) is 2.44. The van der Waals surface area contributed by atoms with E-state index < -0.39 is 0 Å². The molecule has 0 aliphatic heterocycles. The summed E-state index contributed by atoms with van der Waals surface area (Å²) < 4.78 is 0. The molecule has 1 aromatic rings. The summed E-state index contributed by atoms with van der Waals surface area (Å²) in [7, 11) is 0. The van der Waals surface area contributed by atoms with E-state index in [0.717, 1.165) is 18.5 Å². The Labute approximate surface area is 104 Å². The van der Waals surface area contributed by atoms with Crippen molar-refractivity contribution in [2.75, 3.05) is 0 Å². The van der Waals surface area contributed by atoms with E-state index in [-0.39, 0.29) is 5.84 Å². The molecular weight excluding hydrogens is 212 g/mol. The summed E-state index contributed by atoms with van der Waals surface area (Å²) in [6, 6.07) is 0. The van der Waals surface area contributed by atoms with Crippen LogP contribution in [0.2, 0.25) is 0 Å². The quantitative estimate of drug-likeness (QED) is 0.524. The predicted octanol–water partition coefficient (Wildman–Crippen LogP) is 2.60. The van der Waals surface area contributed by atoms with Crippen LogP contribution >= 0.6 is 0 Å². The van der Waals surface area contributed by atoms with Gasteiger partial charge in [-0.1, -0.05) is 27.7 Å². The average Bonchev–Trinajstić information content (AvgIpc) is 2.57. The molecule has 0 radical (unpaired) electrons. The van der Waals surface area contributed by atoms with Crippen LogP contribution in [0.25, 0.3) is 0 Å². The van der Waals surface area contributed by atoms with Crippen LogP contribution in [0.1, 0.15) is 57.0 Å². The van der Waals surface area contributed by atoms with Crippen molar-refractivity contribution in [3.63, 3.8) is 0 Å².